The third-order valence-electron chi connectivity index (χ3n) is 9.64. The highest BCUT2D eigenvalue weighted by atomic mass is 16.5. The number of fused-ring (bicyclic) bond motifs is 2. The maximum Gasteiger partial charge on any atom is 0.213 e. The molecule has 2 bridgehead atoms. The normalized spacial score (nSPS) is 24.8. The Morgan fingerprint density at radius 1 is 1.05 bits per heavy atom. The Balaban J connectivity index is 1.04. The molecule has 8 heteroatoms. The number of piperazine rings is 1. The maximum atomic E-state index is 9.82. The fourth-order valence-corrected chi connectivity index (χ4v) is 6.72. The van der Waals surface area contributed by atoms with Gasteiger partial charge in [-0.25, -0.2) is 9.97 Å². The van der Waals surface area contributed by atoms with Gasteiger partial charge in [0.2, 0.25) is 5.88 Å². The maximum absolute atomic E-state index is 9.82. The molecule has 4 saturated heterocycles. The van der Waals surface area contributed by atoms with Gasteiger partial charge in [0.1, 0.15) is 23.6 Å². The first-order valence-electron chi connectivity index (χ1n) is 15.5. The Kier molecular flexibility index (Phi) is 7.11. The summed E-state index contributed by atoms with van der Waals surface area (Å²) in [4.78, 5) is 18.8. The van der Waals surface area contributed by atoms with Crippen molar-refractivity contribution >= 4 is 11.4 Å². The number of rotatable bonds is 8. The minimum Gasteiger partial charge on any atom is -0.474 e. The van der Waals surface area contributed by atoms with E-state index in [0.717, 1.165) is 79.8 Å². The van der Waals surface area contributed by atoms with E-state index >= 15 is 0 Å². The van der Waals surface area contributed by atoms with Gasteiger partial charge in [0, 0.05) is 87.7 Å². The monoisotopic (exact) mass is 573 g/mol. The molecule has 220 valence electrons. The summed E-state index contributed by atoms with van der Waals surface area (Å²) in [5.41, 5.74) is 5.36. The van der Waals surface area contributed by atoms with Gasteiger partial charge in [0.25, 0.3) is 0 Å². The number of terminal acetylenes is 1. The van der Waals surface area contributed by atoms with E-state index in [2.05, 4.69) is 76.0 Å². The molecule has 43 heavy (non-hydrogen) atoms. The smallest absolute Gasteiger partial charge is 0.213 e. The number of likely N-dealkylation sites (N-methyl/N-ethyl adjacent to an activating group) is 1. The highest BCUT2D eigenvalue weighted by Crippen LogP contribution is 2.39. The van der Waals surface area contributed by atoms with Gasteiger partial charge in [0.05, 0.1) is 11.4 Å². The molecule has 0 radical (unpaired) electrons. The van der Waals surface area contributed by atoms with Crippen molar-refractivity contribution in [1.29, 1.82) is 5.26 Å². The molecule has 8 nitrogen and oxygen atoms in total. The first-order valence-corrected chi connectivity index (χ1v) is 15.5. The van der Waals surface area contributed by atoms with Crippen molar-refractivity contribution in [3.8, 4) is 24.3 Å². The molecule has 0 spiro atoms. The Morgan fingerprint density at radius 2 is 1.84 bits per heavy atom. The van der Waals surface area contributed by atoms with Crippen LogP contribution in [0.2, 0.25) is 0 Å². The molecule has 2 aromatic rings. The predicted octanol–water partition coefficient (Wildman–Crippen LogP) is 4.65. The van der Waals surface area contributed by atoms with Gasteiger partial charge in [-0.2, -0.15) is 5.26 Å². The molecule has 0 aromatic carbocycles. The second-order valence-corrected chi connectivity index (χ2v) is 13.0. The second kappa shape index (κ2) is 11.1. The Labute approximate surface area is 254 Å². The highest BCUT2D eigenvalue weighted by molar-refractivity contribution is 5.84. The number of likely N-dealkylation sites (tertiary alicyclic amines) is 1. The van der Waals surface area contributed by atoms with Gasteiger partial charge in [-0.1, -0.05) is 25.8 Å². The van der Waals surface area contributed by atoms with E-state index in [9.17, 15) is 5.26 Å². The number of nitriles is 1. The Bertz CT molecular complexity index is 1520. The molecule has 2 unspecified atom stereocenters. The SMILES string of the molecule is C#C/C(C#N)=C1/C(c2ccc(N3CC4CC(C3)N4Cc3ccc(OC4CC4)nc3)nc2)=CC(N2CC(C(C)C)C2)=CN1C. The third kappa shape index (κ3) is 5.37. The van der Waals surface area contributed by atoms with Gasteiger partial charge < -0.3 is 19.4 Å². The zero-order chi connectivity index (χ0) is 29.7. The molecule has 2 atom stereocenters. The van der Waals surface area contributed by atoms with Crippen LogP contribution in [0.25, 0.3) is 5.57 Å². The first kappa shape index (κ1) is 27.6. The summed E-state index contributed by atoms with van der Waals surface area (Å²) in [5.74, 6) is 5.71. The number of pyridine rings is 2. The van der Waals surface area contributed by atoms with E-state index in [4.69, 9.17) is 16.1 Å². The summed E-state index contributed by atoms with van der Waals surface area (Å²) in [6.45, 7) is 9.51. The van der Waals surface area contributed by atoms with Crippen LogP contribution >= 0.6 is 0 Å². The average Bonchev–Trinajstić information content (AvgIpc) is 3.81. The van der Waals surface area contributed by atoms with Gasteiger partial charge in [-0.05, 0) is 54.9 Å². The predicted molar refractivity (Wildman–Crippen MR) is 167 cm³/mol. The third-order valence-corrected chi connectivity index (χ3v) is 9.64. The number of anilines is 1. The highest BCUT2D eigenvalue weighted by Gasteiger charge is 2.44. The van der Waals surface area contributed by atoms with Crippen molar-refractivity contribution < 1.29 is 4.74 Å². The quantitative estimate of drug-likeness (QED) is 0.334. The Morgan fingerprint density at radius 3 is 2.44 bits per heavy atom. The molecule has 0 amide bonds. The van der Waals surface area contributed by atoms with Crippen molar-refractivity contribution in [2.75, 3.05) is 38.1 Å². The summed E-state index contributed by atoms with van der Waals surface area (Å²) in [7, 11) is 1.97. The van der Waals surface area contributed by atoms with Crippen LogP contribution in [0, 0.1) is 35.5 Å². The van der Waals surface area contributed by atoms with Crippen LogP contribution in [-0.2, 0) is 6.54 Å². The van der Waals surface area contributed by atoms with Crippen LogP contribution in [0.4, 0.5) is 5.82 Å². The van der Waals surface area contributed by atoms with Crippen LogP contribution in [-0.4, -0.2) is 76.1 Å². The summed E-state index contributed by atoms with van der Waals surface area (Å²) >= 11 is 0. The number of piperidine rings is 1. The average molecular weight is 574 g/mol. The lowest BCUT2D eigenvalue weighted by Gasteiger charge is -2.56. The molecule has 1 saturated carbocycles. The van der Waals surface area contributed by atoms with Crippen LogP contribution in [0.5, 0.6) is 5.88 Å². The van der Waals surface area contributed by atoms with E-state index < -0.39 is 0 Å². The zero-order valence-corrected chi connectivity index (χ0v) is 25.3. The van der Waals surface area contributed by atoms with Crippen molar-refractivity contribution in [1.82, 2.24) is 24.7 Å². The largest absolute Gasteiger partial charge is 0.474 e. The van der Waals surface area contributed by atoms with E-state index in [1.807, 2.05) is 30.4 Å². The molecule has 2 aromatic heterocycles. The van der Waals surface area contributed by atoms with E-state index in [0.29, 0.717) is 35.6 Å². The number of allylic oxidation sites excluding steroid dienone is 3. The first-order chi connectivity index (χ1) is 20.9. The van der Waals surface area contributed by atoms with Crippen LogP contribution in [0.15, 0.2) is 65.9 Å². The zero-order valence-electron chi connectivity index (χ0n) is 25.3. The molecular weight excluding hydrogens is 534 g/mol. The fourth-order valence-electron chi connectivity index (χ4n) is 6.72. The minimum atomic E-state index is 0.327. The van der Waals surface area contributed by atoms with E-state index in [1.54, 1.807) is 0 Å². The number of nitrogens with zero attached hydrogens (tertiary/aromatic N) is 7. The number of ether oxygens (including phenoxy) is 1. The standard InChI is InChI=1S/C35H39N7O/c1-5-25(14-36)35-32(13-28(20-39(35)4)40-18-27(19-40)23(2)3)26-7-10-33(37-16-26)41-21-29-12-30(22-41)42(29)17-24-6-11-34(38-15-24)43-31-8-9-31/h1,6-7,10-11,13,15-16,20,23,27,29-31H,8-9,12,17-19,21-22H2,2-4H3/b35-25+. The fraction of sp³-hybridized carbons (Fsp3) is 0.457. The van der Waals surface area contributed by atoms with Gasteiger partial charge in [-0.3, -0.25) is 4.90 Å². The lowest BCUT2D eigenvalue weighted by Crippen LogP contribution is -2.68. The lowest BCUT2D eigenvalue weighted by atomic mass is 9.86. The molecule has 7 heterocycles. The van der Waals surface area contributed by atoms with Crippen LogP contribution in [0.1, 0.15) is 44.2 Å². The minimum absolute atomic E-state index is 0.327. The van der Waals surface area contributed by atoms with Crippen LogP contribution < -0.4 is 9.64 Å². The van der Waals surface area contributed by atoms with Gasteiger partial charge in [0.15, 0.2) is 0 Å². The molecule has 6 aliphatic rings. The van der Waals surface area contributed by atoms with Crippen molar-refractivity contribution in [3.63, 3.8) is 0 Å². The molecule has 0 N–H and O–H groups in total. The van der Waals surface area contributed by atoms with Crippen LogP contribution in [0.3, 0.4) is 0 Å². The van der Waals surface area contributed by atoms with Crippen molar-refractivity contribution in [2.45, 2.75) is 57.8 Å². The molecule has 8 rings (SSSR count). The number of aromatic nitrogens is 2. The van der Waals surface area contributed by atoms with Crippen molar-refractivity contribution in [3.05, 3.63) is 77.0 Å². The lowest BCUT2D eigenvalue weighted by molar-refractivity contribution is -0.00877. The number of hydrogen-bond acceptors (Lipinski definition) is 8. The second-order valence-electron chi connectivity index (χ2n) is 13.0. The Hall–Kier alpha value is -4.27. The molecule has 5 aliphatic heterocycles. The topological polar surface area (TPSA) is 71.8 Å². The van der Waals surface area contributed by atoms with Gasteiger partial charge >= 0.3 is 0 Å². The van der Waals surface area contributed by atoms with Crippen molar-refractivity contribution in [2.24, 2.45) is 11.8 Å². The van der Waals surface area contributed by atoms with Gasteiger partial charge in [-0.15, -0.1) is 6.42 Å². The summed E-state index contributed by atoms with van der Waals surface area (Å²) < 4.78 is 5.81. The summed E-state index contributed by atoms with van der Waals surface area (Å²) in [6, 6.07) is 11.7. The summed E-state index contributed by atoms with van der Waals surface area (Å²) in [5, 5.41) is 9.82. The summed E-state index contributed by atoms with van der Waals surface area (Å²) in [6.07, 6.45) is 17.8. The molecular formula is C35H39N7O. The van der Waals surface area contributed by atoms with E-state index in [-0.39, 0.29) is 0 Å². The molecule has 1 aliphatic carbocycles. The molecule has 5 fully saturated rings. The van der Waals surface area contributed by atoms with E-state index in [1.165, 1.54) is 12.0 Å². The number of hydrogen-bond donors (Lipinski definition) is 0.